The fourth-order valence-electron chi connectivity index (χ4n) is 7.44. The molecule has 41 heavy (non-hydrogen) atoms. The van der Waals surface area contributed by atoms with E-state index in [0.29, 0.717) is 16.5 Å². The number of imide groups is 1. The quantitative estimate of drug-likeness (QED) is 0.273. The Balaban J connectivity index is 1.30. The molecular formula is C29H24BrClN2O6S2. The molecule has 1 aromatic heterocycles. The number of aromatic nitrogens is 1. The van der Waals surface area contributed by atoms with E-state index in [2.05, 4.69) is 20.9 Å². The second-order valence-electron chi connectivity index (χ2n) is 10.7. The number of halogens is 2. The van der Waals surface area contributed by atoms with Crippen molar-refractivity contribution in [3.05, 3.63) is 72.1 Å². The minimum Gasteiger partial charge on any atom is -0.482 e. The summed E-state index contributed by atoms with van der Waals surface area (Å²) >= 11 is 12.7. The summed E-state index contributed by atoms with van der Waals surface area (Å²) in [5, 5.41) is 1.30. The zero-order valence-corrected chi connectivity index (χ0v) is 25.6. The monoisotopic (exact) mass is 674 g/mol. The molecule has 4 aliphatic rings. The molecule has 2 aromatic carbocycles. The lowest BCUT2D eigenvalue weighted by Gasteiger charge is -2.43. The number of hydrogen-bond donors (Lipinski definition) is 1. The van der Waals surface area contributed by atoms with E-state index < -0.39 is 17.8 Å². The number of esters is 1. The summed E-state index contributed by atoms with van der Waals surface area (Å²) in [5.41, 5.74) is 1.34. The van der Waals surface area contributed by atoms with Crippen molar-refractivity contribution in [3.8, 4) is 5.75 Å². The van der Waals surface area contributed by atoms with Crippen molar-refractivity contribution in [3.63, 3.8) is 0 Å². The van der Waals surface area contributed by atoms with Gasteiger partial charge in [-0.2, -0.15) is 0 Å². The van der Waals surface area contributed by atoms with Crippen LogP contribution in [0.5, 0.6) is 5.75 Å². The molecule has 0 spiro atoms. The second kappa shape index (κ2) is 10.3. The van der Waals surface area contributed by atoms with Crippen molar-refractivity contribution in [2.24, 2.45) is 29.6 Å². The molecular weight excluding hydrogens is 652 g/mol. The summed E-state index contributed by atoms with van der Waals surface area (Å²) in [4.78, 5) is 57.5. The summed E-state index contributed by atoms with van der Waals surface area (Å²) in [6, 6.07) is 12.5. The Labute approximate surface area is 256 Å². The largest absolute Gasteiger partial charge is 0.482 e. The number of rotatable bonds is 6. The number of H-pyrrole nitrogens is 1. The van der Waals surface area contributed by atoms with Crippen molar-refractivity contribution in [2.45, 2.75) is 29.5 Å². The molecule has 2 amide bonds. The Bertz CT molecular complexity index is 1640. The second-order valence-corrected chi connectivity index (χ2v) is 14.3. The van der Waals surface area contributed by atoms with Gasteiger partial charge in [0.25, 0.3) is 0 Å². The Hall–Kier alpha value is -2.60. The highest BCUT2D eigenvalue weighted by Gasteiger charge is 2.69. The van der Waals surface area contributed by atoms with Gasteiger partial charge in [0, 0.05) is 31.1 Å². The lowest BCUT2D eigenvalue weighted by Crippen LogP contribution is -2.42. The number of anilines is 1. The van der Waals surface area contributed by atoms with Crippen LogP contribution in [0.3, 0.4) is 0 Å². The number of nitrogens with one attached hydrogen (secondary N) is 1. The highest BCUT2D eigenvalue weighted by atomic mass is 79.9. The summed E-state index contributed by atoms with van der Waals surface area (Å²) in [7, 11) is 0. The van der Waals surface area contributed by atoms with Crippen molar-refractivity contribution >= 4 is 74.1 Å². The van der Waals surface area contributed by atoms with Crippen LogP contribution in [-0.4, -0.2) is 41.2 Å². The standard InChI is InChI=1S/C29H24BrClN2O6S2/c1-2-38-19(34)11-39-18-8-5-13(31)9-15(18)20-21-16-10-17(24(21)40-26-25(20)41-29(37)32-26)23-22(16)27(35)33(28(23)36)14-6-3-12(30)4-7-14/h3-9,16-17,20-24H,2,10-11H2,1H3,(H,32,37)/t16-,17-,20-,21?,22?,23?,24?/m1/s1. The normalized spacial score (nSPS) is 29.3. The first-order valence-corrected chi connectivity index (χ1v) is 16.2. The summed E-state index contributed by atoms with van der Waals surface area (Å²) in [6.45, 7) is 1.71. The van der Waals surface area contributed by atoms with Crippen LogP contribution < -0.4 is 14.5 Å². The highest BCUT2D eigenvalue weighted by Crippen LogP contribution is 2.69. The van der Waals surface area contributed by atoms with Crippen molar-refractivity contribution in [1.82, 2.24) is 4.98 Å². The van der Waals surface area contributed by atoms with E-state index >= 15 is 0 Å². The molecule has 3 fully saturated rings. The Morgan fingerprint density at radius 3 is 2.56 bits per heavy atom. The first kappa shape index (κ1) is 27.2. The number of nitrogens with zero attached hydrogens (tertiary/aromatic N) is 1. The number of thiazole rings is 1. The number of thioether (sulfide) groups is 1. The molecule has 3 heterocycles. The Kier molecular flexibility index (Phi) is 6.84. The Morgan fingerprint density at radius 1 is 1.10 bits per heavy atom. The third kappa shape index (κ3) is 4.30. The van der Waals surface area contributed by atoms with Gasteiger partial charge in [0.05, 0.1) is 29.2 Å². The van der Waals surface area contributed by atoms with Crippen LogP contribution in [0.15, 0.2) is 56.8 Å². The van der Waals surface area contributed by atoms with Gasteiger partial charge >= 0.3 is 10.8 Å². The van der Waals surface area contributed by atoms with Crippen LogP contribution in [0.2, 0.25) is 5.02 Å². The number of fused-ring (bicyclic) bond motifs is 9. The van der Waals surface area contributed by atoms with Gasteiger partial charge in [0.1, 0.15) is 5.75 Å². The van der Waals surface area contributed by atoms with Crippen LogP contribution in [-0.2, 0) is 19.1 Å². The van der Waals surface area contributed by atoms with Gasteiger partial charge in [0.2, 0.25) is 11.8 Å². The maximum absolute atomic E-state index is 13.9. The van der Waals surface area contributed by atoms with E-state index in [1.54, 1.807) is 43.0 Å². The SMILES string of the molecule is CCOC(=O)COc1ccc(Cl)cc1[C@H]1c2sc(=O)[nH]c2SC2C1[C@H]1C[C@@H]2C2C(=O)N(c3ccc(Br)cc3)C(=O)C21. The maximum Gasteiger partial charge on any atom is 0.344 e. The lowest BCUT2D eigenvalue weighted by molar-refractivity contribution is -0.145. The third-order valence-electron chi connectivity index (χ3n) is 8.77. The molecule has 212 valence electrons. The van der Waals surface area contributed by atoms with Crippen LogP contribution in [0.4, 0.5) is 5.69 Å². The molecule has 2 bridgehead atoms. The summed E-state index contributed by atoms with van der Waals surface area (Å²) in [5.74, 6) is -1.53. The molecule has 3 aromatic rings. The van der Waals surface area contributed by atoms with Gasteiger partial charge in [-0.05, 0) is 73.6 Å². The van der Waals surface area contributed by atoms with Crippen LogP contribution in [0.1, 0.15) is 29.7 Å². The smallest absolute Gasteiger partial charge is 0.344 e. The predicted molar refractivity (Wildman–Crippen MR) is 159 cm³/mol. The number of benzene rings is 2. The van der Waals surface area contributed by atoms with E-state index in [0.717, 1.165) is 37.7 Å². The number of amides is 2. The van der Waals surface area contributed by atoms with Crippen molar-refractivity contribution < 1.29 is 23.9 Å². The molecule has 4 unspecified atom stereocenters. The minimum absolute atomic E-state index is 0.0148. The number of ether oxygens (including phenoxy) is 2. The highest BCUT2D eigenvalue weighted by molar-refractivity contribution is 9.10. The number of hydrogen-bond acceptors (Lipinski definition) is 8. The van der Waals surface area contributed by atoms with Gasteiger partial charge < -0.3 is 14.5 Å². The van der Waals surface area contributed by atoms with E-state index in [1.807, 2.05) is 18.2 Å². The minimum atomic E-state index is -0.483. The molecule has 2 saturated carbocycles. The average molecular weight is 676 g/mol. The number of carbonyl (C=O) groups excluding carboxylic acids is 3. The zero-order chi connectivity index (χ0) is 28.6. The molecule has 7 atom stereocenters. The zero-order valence-electron chi connectivity index (χ0n) is 21.7. The van der Waals surface area contributed by atoms with Crippen molar-refractivity contribution in [1.29, 1.82) is 0 Å². The fourth-order valence-corrected chi connectivity index (χ4v) is 10.8. The lowest BCUT2D eigenvalue weighted by atomic mass is 9.68. The van der Waals surface area contributed by atoms with Crippen molar-refractivity contribution in [2.75, 3.05) is 18.1 Å². The number of carbonyl (C=O) groups is 3. The van der Waals surface area contributed by atoms with Crippen LogP contribution in [0, 0.1) is 29.6 Å². The fraction of sp³-hybridized carbons (Fsp3) is 0.379. The Morgan fingerprint density at radius 2 is 1.83 bits per heavy atom. The topological polar surface area (TPSA) is 106 Å². The summed E-state index contributed by atoms with van der Waals surface area (Å²) < 4.78 is 11.9. The molecule has 7 rings (SSSR count). The van der Waals surface area contributed by atoms with Gasteiger partial charge in [0.15, 0.2) is 6.61 Å². The summed E-state index contributed by atoms with van der Waals surface area (Å²) in [6.07, 6.45) is 0.762. The van der Waals surface area contributed by atoms with Gasteiger partial charge in [-0.3, -0.25) is 19.3 Å². The maximum atomic E-state index is 13.9. The first-order valence-electron chi connectivity index (χ1n) is 13.4. The molecule has 0 radical (unpaired) electrons. The third-order valence-corrected chi connectivity index (χ3v) is 12.1. The number of aromatic amines is 1. The average Bonchev–Trinajstić information content (AvgIpc) is 3.67. The molecule has 12 heteroatoms. The van der Waals surface area contributed by atoms with Gasteiger partial charge in [-0.1, -0.05) is 38.9 Å². The molecule has 1 saturated heterocycles. The van der Waals surface area contributed by atoms with Gasteiger partial charge in [-0.25, -0.2) is 4.79 Å². The molecule has 1 N–H and O–H groups in total. The molecule has 2 aliphatic carbocycles. The van der Waals surface area contributed by atoms with Gasteiger partial charge in [-0.15, -0.1) is 11.8 Å². The molecule has 8 nitrogen and oxygen atoms in total. The predicted octanol–water partition coefficient (Wildman–Crippen LogP) is 5.47. The van der Waals surface area contributed by atoms with Crippen LogP contribution >= 0.6 is 50.6 Å². The van der Waals surface area contributed by atoms with E-state index in [-0.39, 0.29) is 58.8 Å². The molecule has 2 aliphatic heterocycles. The van der Waals surface area contributed by atoms with E-state index in [4.69, 9.17) is 21.1 Å². The first-order chi connectivity index (χ1) is 19.8. The van der Waals surface area contributed by atoms with E-state index in [1.165, 1.54) is 4.90 Å². The van der Waals surface area contributed by atoms with E-state index in [9.17, 15) is 19.2 Å². The van der Waals surface area contributed by atoms with Crippen LogP contribution in [0.25, 0.3) is 0 Å².